The van der Waals surface area contributed by atoms with E-state index in [1.807, 2.05) is 32.0 Å². The van der Waals surface area contributed by atoms with E-state index < -0.39 is 0 Å². The number of carbonyl (C=O) groups excluding carboxylic acids is 1. The summed E-state index contributed by atoms with van der Waals surface area (Å²) in [6.45, 7) is 3.90. The maximum atomic E-state index is 12.3. The molecule has 2 aromatic carbocycles. The van der Waals surface area contributed by atoms with Gasteiger partial charge in [0, 0.05) is 10.6 Å². The molecule has 0 aliphatic rings. The molecular formula is C17H17N3O2S. The van der Waals surface area contributed by atoms with E-state index >= 15 is 0 Å². The smallest absolute Gasteiger partial charge is 0.323 e. The third kappa shape index (κ3) is 3.65. The summed E-state index contributed by atoms with van der Waals surface area (Å²) in [5.74, 6) is -0.0752. The summed E-state index contributed by atoms with van der Waals surface area (Å²) in [5, 5.41) is 2.66. The maximum Gasteiger partial charge on any atom is 0.323 e. The van der Waals surface area contributed by atoms with Gasteiger partial charge in [-0.15, -0.1) is 11.8 Å². The maximum absolute atomic E-state index is 12.3. The van der Waals surface area contributed by atoms with Gasteiger partial charge < -0.3 is 15.3 Å². The fourth-order valence-electron chi connectivity index (χ4n) is 2.30. The van der Waals surface area contributed by atoms with Crippen molar-refractivity contribution >= 4 is 34.4 Å². The second-order valence-electron chi connectivity index (χ2n) is 5.41. The zero-order valence-corrected chi connectivity index (χ0v) is 13.7. The highest BCUT2D eigenvalue weighted by Gasteiger charge is 2.15. The standard InChI is InChI=1S/C17H17N3O2S/c1-10-4-3-5-13(8-10)23-11(2)16(21)18-12-6-7-14-15(9-12)20-17(22)19-14/h3-9,11H,1-2H3,(H,18,21)(H2,19,20,22). The van der Waals surface area contributed by atoms with Crippen molar-refractivity contribution in [3.05, 3.63) is 58.5 Å². The molecule has 3 aromatic rings. The van der Waals surface area contributed by atoms with Gasteiger partial charge >= 0.3 is 5.69 Å². The number of hydrogen-bond acceptors (Lipinski definition) is 3. The average Bonchev–Trinajstić information content (AvgIpc) is 2.86. The first-order valence-corrected chi connectivity index (χ1v) is 8.15. The van der Waals surface area contributed by atoms with E-state index in [1.165, 1.54) is 17.3 Å². The number of hydrogen-bond donors (Lipinski definition) is 3. The summed E-state index contributed by atoms with van der Waals surface area (Å²) >= 11 is 1.52. The van der Waals surface area contributed by atoms with Gasteiger partial charge in [0.15, 0.2) is 0 Å². The molecule has 1 atom stereocenters. The second-order valence-corrected chi connectivity index (χ2v) is 6.82. The molecule has 1 unspecified atom stereocenters. The number of amides is 1. The lowest BCUT2D eigenvalue weighted by atomic mass is 10.2. The number of benzene rings is 2. The predicted octanol–water partition coefficient (Wildman–Crippen LogP) is 3.28. The van der Waals surface area contributed by atoms with E-state index in [4.69, 9.17) is 0 Å². The van der Waals surface area contributed by atoms with Crippen LogP contribution in [0.1, 0.15) is 12.5 Å². The van der Waals surface area contributed by atoms with Crippen LogP contribution in [0, 0.1) is 6.92 Å². The molecule has 1 heterocycles. The molecule has 1 aromatic heterocycles. The quantitative estimate of drug-likeness (QED) is 0.644. The van der Waals surface area contributed by atoms with E-state index in [9.17, 15) is 9.59 Å². The third-order valence-electron chi connectivity index (χ3n) is 3.46. The Bertz CT molecular complexity index is 913. The molecule has 5 nitrogen and oxygen atoms in total. The molecule has 0 spiro atoms. The Kier molecular flexibility index (Phi) is 4.25. The molecule has 6 heteroatoms. The van der Waals surface area contributed by atoms with Gasteiger partial charge in [0.05, 0.1) is 16.3 Å². The first-order chi connectivity index (χ1) is 11.0. The summed E-state index contributed by atoms with van der Waals surface area (Å²) in [5.41, 5.74) is 2.97. The Labute approximate surface area is 137 Å². The van der Waals surface area contributed by atoms with Crippen LogP contribution in [0.2, 0.25) is 0 Å². The van der Waals surface area contributed by atoms with Crippen molar-refractivity contribution in [1.29, 1.82) is 0 Å². The highest BCUT2D eigenvalue weighted by molar-refractivity contribution is 8.00. The molecule has 0 saturated heterocycles. The SMILES string of the molecule is Cc1cccc(SC(C)C(=O)Nc2ccc3[nH]c(=O)[nH]c3c2)c1. The summed E-state index contributed by atoms with van der Waals surface area (Å²) in [4.78, 5) is 30.0. The Morgan fingerprint density at radius 2 is 1.91 bits per heavy atom. The molecule has 0 bridgehead atoms. The third-order valence-corrected chi connectivity index (χ3v) is 4.55. The first kappa shape index (κ1) is 15.4. The van der Waals surface area contributed by atoms with Gasteiger partial charge in [-0.05, 0) is 44.2 Å². The van der Waals surface area contributed by atoms with Crippen LogP contribution in [0.5, 0.6) is 0 Å². The number of nitrogens with one attached hydrogen (secondary N) is 3. The fraction of sp³-hybridized carbons (Fsp3) is 0.176. The van der Waals surface area contributed by atoms with E-state index in [0.717, 1.165) is 10.4 Å². The Balaban J connectivity index is 1.70. The largest absolute Gasteiger partial charge is 0.325 e. The number of anilines is 1. The minimum atomic E-state index is -0.258. The number of fused-ring (bicyclic) bond motifs is 1. The summed E-state index contributed by atoms with van der Waals surface area (Å²) < 4.78 is 0. The van der Waals surface area contributed by atoms with Gasteiger partial charge in [0.2, 0.25) is 5.91 Å². The lowest BCUT2D eigenvalue weighted by Crippen LogP contribution is -2.22. The first-order valence-electron chi connectivity index (χ1n) is 7.27. The Morgan fingerprint density at radius 1 is 1.13 bits per heavy atom. The summed E-state index contributed by atoms with van der Waals surface area (Å²) in [6, 6.07) is 13.4. The molecule has 0 aliphatic heterocycles. The van der Waals surface area contributed by atoms with Gasteiger partial charge in [-0.1, -0.05) is 17.7 Å². The molecule has 23 heavy (non-hydrogen) atoms. The molecule has 118 valence electrons. The van der Waals surface area contributed by atoms with Crippen LogP contribution in [-0.2, 0) is 4.79 Å². The van der Waals surface area contributed by atoms with Crippen LogP contribution in [0.25, 0.3) is 11.0 Å². The minimum Gasteiger partial charge on any atom is -0.325 e. The van der Waals surface area contributed by atoms with E-state index in [2.05, 4.69) is 21.4 Å². The highest BCUT2D eigenvalue weighted by atomic mass is 32.2. The number of aromatic amines is 2. The molecule has 0 fully saturated rings. The number of carbonyl (C=O) groups is 1. The topological polar surface area (TPSA) is 77.8 Å². The van der Waals surface area contributed by atoms with Crippen molar-refractivity contribution in [3.63, 3.8) is 0 Å². The monoisotopic (exact) mass is 327 g/mol. The molecule has 3 N–H and O–H groups in total. The molecule has 0 aliphatic carbocycles. The number of rotatable bonds is 4. The lowest BCUT2D eigenvalue weighted by Gasteiger charge is -2.12. The Morgan fingerprint density at radius 3 is 2.70 bits per heavy atom. The van der Waals surface area contributed by atoms with Crippen molar-refractivity contribution in [2.75, 3.05) is 5.32 Å². The van der Waals surface area contributed by atoms with E-state index in [-0.39, 0.29) is 16.8 Å². The van der Waals surface area contributed by atoms with E-state index in [0.29, 0.717) is 11.2 Å². The zero-order valence-electron chi connectivity index (χ0n) is 12.8. The summed E-state index contributed by atoms with van der Waals surface area (Å²) in [6.07, 6.45) is 0. The average molecular weight is 327 g/mol. The van der Waals surface area contributed by atoms with Crippen LogP contribution >= 0.6 is 11.8 Å². The molecule has 1 amide bonds. The predicted molar refractivity (Wildman–Crippen MR) is 94.0 cm³/mol. The van der Waals surface area contributed by atoms with Crippen molar-refractivity contribution in [2.24, 2.45) is 0 Å². The van der Waals surface area contributed by atoms with Crippen molar-refractivity contribution in [2.45, 2.75) is 24.0 Å². The Hall–Kier alpha value is -2.47. The zero-order chi connectivity index (χ0) is 16.4. The number of aromatic nitrogens is 2. The normalized spacial score (nSPS) is 12.3. The van der Waals surface area contributed by atoms with Crippen molar-refractivity contribution in [1.82, 2.24) is 9.97 Å². The van der Waals surface area contributed by atoms with Crippen LogP contribution < -0.4 is 11.0 Å². The molecule has 3 rings (SSSR count). The summed E-state index contributed by atoms with van der Waals surface area (Å²) in [7, 11) is 0. The van der Waals surface area contributed by atoms with Crippen LogP contribution in [-0.4, -0.2) is 21.1 Å². The second kappa shape index (κ2) is 6.34. The van der Waals surface area contributed by atoms with Crippen LogP contribution in [0.3, 0.4) is 0 Å². The van der Waals surface area contributed by atoms with Gasteiger partial charge in [-0.3, -0.25) is 4.79 Å². The number of imidazole rings is 1. The van der Waals surface area contributed by atoms with Gasteiger partial charge in [-0.25, -0.2) is 4.79 Å². The number of thioether (sulfide) groups is 1. The molecular weight excluding hydrogens is 310 g/mol. The van der Waals surface area contributed by atoms with Gasteiger partial charge in [0.25, 0.3) is 0 Å². The van der Waals surface area contributed by atoms with Gasteiger partial charge in [0.1, 0.15) is 0 Å². The molecule has 0 saturated carbocycles. The van der Waals surface area contributed by atoms with Crippen LogP contribution in [0.15, 0.2) is 52.2 Å². The minimum absolute atomic E-state index is 0.0752. The van der Waals surface area contributed by atoms with Crippen LogP contribution in [0.4, 0.5) is 5.69 Å². The number of aryl methyl sites for hydroxylation is 1. The van der Waals surface area contributed by atoms with E-state index in [1.54, 1.807) is 18.2 Å². The highest BCUT2D eigenvalue weighted by Crippen LogP contribution is 2.25. The molecule has 0 radical (unpaired) electrons. The van der Waals surface area contributed by atoms with Crippen molar-refractivity contribution < 1.29 is 4.79 Å². The number of H-pyrrole nitrogens is 2. The van der Waals surface area contributed by atoms with Crippen molar-refractivity contribution in [3.8, 4) is 0 Å². The van der Waals surface area contributed by atoms with Gasteiger partial charge in [-0.2, -0.15) is 0 Å². The lowest BCUT2D eigenvalue weighted by molar-refractivity contribution is -0.115. The fourth-order valence-corrected chi connectivity index (χ4v) is 3.29.